The van der Waals surface area contributed by atoms with E-state index < -0.39 is 0 Å². The van der Waals surface area contributed by atoms with Crippen molar-refractivity contribution in [3.63, 3.8) is 0 Å². The van der Waals surface area contributed by atoms with E-state index in [1.165, 1.54) is 37.0 Å². The number of rotatable bonds is 8. The first-order valence-electron chi connectivity index (χ1n) is 7.39. The third-order valence-electron chi connectivity index (χ3n) is 3.64. The summed E-state index contributed by atoms with van der Waals surface area (Å²) >= 11 is 1.72. The monoisotopic (exact) mass is 280 g/mol. The van der Waals surface area contributed by atoms with Gasteiger partial charge in [-0.15, -0.1) is 11.3 Å². The molecule has 1 saturated heterocycles. The number of carbonyl (C=O) groups is 1. The molecule has 1 aliphatic heterocycles. The first-order chi connectivity index (χ1) is 9.33. The normalized spacial score (nSPS) is 19.3. The van der Waals surface area contributed by atoms with Crippen LogP contribution in [-0.4, -0.2) is 23.9 Å². The molecule has 0 aliphatic carbocycles. The predicted molar refractivity (Wildman–Crippen MR) is 80.2 cm³/mol. The number of amides is 1. The maximum atomic E-state index is 11.9. The van der Waals surface area contributed by atoms with E-state index in [1.807, 2.05) is 11.0 Å². The summed E-state index contributed by atoms with van der Waals surface area (Å²) in [6, 6.07) is 4.16. The van der Waals surface area contributed by atoms with Gasteiger partial charge < -0.3 is 4.90 Å². The molecule has 2 rings (SSSR count). The smallest absolute Gasteiger partial charge is 0.238 e. The van der Waals surface area contributed by atoms with Crippen molar-refractivity contribution in [2.45, 2.75) is 51.6 Å². The molecule has 4 heteroatoms. The van der Waals surface area contributed by atoms with E-state index >= 15 is 0 Å². The molecule has 1 amide bonds. The summed E-state index contributed by atoms with van der Waals surface area (Å²) in [6.45, 7) is 3.61. The van der Waals surface area contributed by atoms with Crippen LogP contribution in [0.5, 0.6) is 0 Å². The highest BCUT2D eigenvalue weighted by Crippen LogP contribution is 2.26. The number of unbranched alkanes of at least 4 members (excludes halogenated alkanes) is 5. The lowest BCUT2D eigenvalue weighted by Gasteiger charge is -2.23. The van der Waals surface area contributed by atoms with Gasteiger partial charge in [-0.25, -0.2) is 0 Å². The third-order valence-corrected chi connectivity index (χ3v) is 4.57. The van der Waals surface area contributed by atoms with Crippen LogP contribution < -0.4 is 5.32 Å². The summed E-state index contributed by atoms with van der Waals surface area (Å²) in [7, 11) is 0. The Balaban J connectivity index is 1.75. The zero-order valence-electron chi connectivity index (χ0n) is 11.7. The van der Waals surface area contributed by atoms with Crippen LogP contribution in [0, 0.1) is 0 Å². The Morgan fingerprint density at radius 3 is 2.84 bits per heavy atom. The van der Waals surface area contributed by atoms with E-state index in [4.69, 9.17) is 0 Å². The van der Waals surface area contributed by atoms with Crippen LogP contribution in [0.4, 0.5) is 0 Å². The fraction of sp³-hybridized carbons (Fsp3) is 0.667. The minimum Gasteiger partial charge on any atom is -0.321 e. The molecule has 2 heterocycles. The molecule has 1 aromatic rings. The van der Waals surface area contributed by atoms with Crippen molar-refractivity contribution in [2.24, 2.45) is 0 Å². The van der Waals surface area contributed by atoms with Gasteiger partial charge in [0.15, 0.2) is 0 Å². The molecule has 1 aliphatic rings. The molecule has 1 N–H and O–H groups in total. The van der Waals surface area contributed by atoms with Gasteiger partial charge in [-0.2, -0.15) is 0 Å². The summed E-state index contributed by atoms with van der Waals surface area (Å²) in [5.74, 6) is 0.243. The van der Waals surface area contributed by atoms with E-state index in [1.54, 1.807) is 11.3 Å². The van der Waals surface area contributed by atoms with Crippen molar-refractivity contribution in [3.05, 3.63) is 22.4 Å². The Bertz CT molecular complexity index is 378. The Hall–Kier alpha value is -0.870. The van der Waals surface area contributed by atoms with Crippen molar-refractivity contribution in [1.29, 1.82) is 0 Å². The van der Waals surface area contributed by atoms with Crippen molar-refractivity contribution >= 4 is 17.2 Å². The van der Waals surface area contributed by atoms with Crippen molar-refractivity contribution in [3.8, 4) is 0 Å². The predicted octanol–water partition coefficient (Wildman–Crippen LogP) is 3.54. The molecule has 3 nitrogen and oxygen atoms in total. The SMILES string of the molecule is CCCCCCCCN1C(=O)CNC1c1cccs1. The van der Waals surface area contributed by atoms with Crippen LogP contribution in [0.2, 0.25) is 0 Å². The largest absolute Gasteiger partial charge is 0.321 e. The first-order valence-corrected chi connectivity index (χ1v) is 8.27. The Morgan fingerprint density at radius 1 is 1.32 bits per heavy atom. The quantitative estimate of drug-likeness (QED) is 0.739. The fourth-order valence-electron chi connectivity index (χ4n) is 2.56. The van der Waals surface area contributed by atoms with Crippen molar-refractivity contribution < 1.29 is 4.79 Å². The number of nitrogens with zero attached hydrogens (tertiary/aromatic N) is 1. The topological polar surface area (TPSA) is 32.3 Å². The highest BCUT2D eigenvalue weighted by molar-refractivity contribution is 7.10. The second-order valence-electron chi connectivity index (χ2n) is 5.15. The van der Waals surface area contributed by atoms with Gasteiger partial charge in [-0.3, -0.25) is 10.1 Å². The van der Waals surface area contributed by atoms with E-state index in [0.29, 0.717) is 6.54 Å². The minimum absolute atomic E-state index is 0.114. The Kier molecular flexibility index (Phi) is 5.86. The average Bonchev–Trinajstić information content (AvgIpc) is 3.04. The van der Waals surface area contributed by atoms with Gasteiger partial charge in [0.2, 0.25) is 5.91 Å². The summed E-state index contributed by atoms with van der Waals surface area (Å²) in [4.78, 5) is 15.2. The van der Waals surface area contributed by atoms with Crippen LogP contribution in [0.1, 0.15) is 56.5 Å². The Morgan fingerprint density at radius 2 is 2.11 bits per heavy atom. The maximum absolute atomic E-state index is 11.9. The van der Waals surface area contributed by atoms with E-state index in [-0.39, 0.29) is 12.1 Å². The zero-order valence-corrected chi connectivity index (χ0v) is 12.5. The summed E-state index contributed by atoms with van der Waals surface area (Å²) in [6.07, 6.45) is 7.73. The highest BCUT2D eigenvalue weighted by atomic mass is 32.1. The number of carbonyl (C=O) groups excluding carboxylic acids is 1. The Labute approximate surface area is 120 Å². The van der Waals surface area contributed by atoms with Gasteiger partial charge in [0.25, 0.3) is 0 Å². The van der Waals surface area contributed by atoms with Crippen LogP contribution in [0.15, 0.2) is 17.5 Å². The molecule has 1 aromatic heterocycles. The lowest BCUT2D eigenvalue weighted by Crippen LogP contribution is -2.30. The lowest BCUT2D eigenvalue weighted by molar-refractivity contribution is -0.128. The van der Waals surface area contributed by atoms with E-state index in [9.17, 15) is 4.79 Å². The molecule has 1 unspecified atom stereocenters. The second-order valence-corrected chi connectivity index (χ2v) is 6.13. The molecule has 106 valence electrons. The van der Waals surface area contributed by atoms with E-state index in [0.717, 1.165) is 13.0 Å². The molecule has 0 aromatic carbocycles. The number of thiophene rings is 1. The molecule has 0 radical (unpaired) electrons. The van der Waals surface area contributed by atoms with Crippen molar-refractivity contribution in [2.75, 3.05) is 13.1 Å². The number of hydrogen-bond acceptors (Lipinski definition) is 3. The fourth-order valence-corrected chi connectivity index (χ4v) is 3.37. The lowest BCUT2D eigenvalue weighted by atomic mass is 10.1. The molecule has 0 spiro atoms. The summed E-state index contributed by atoms with van der Waals surface area (Å²) in [5, 5.41) is 5.38. The standard InChI is InChI=1S/C15H24N2OS/c1-2-3-4-5-6-7-10-17-14(18)12-16-15(17)13-9-8-11-19-13/h8-9,11,15-16H,2-7,10,12H2,1H3. The summed E-state index contributed by atoms with van der Waals surface area (Å²) < 4.78 is 0. The van der Waals surface area contributed by atoms with Gasteiger partial charge in [0.05, 0.1) is 6.54 Å². The first kappa shape index (κ1) is 14.5. The van der Waals surface area contributed by atoms with Gasteiger partial charge in [-0.1, -0.05) is 45.1 Å². The zero-order chi connectivity index (χ0) is 13.5. The van der Waals surface area contributed by atoms with Gasteiger partial charge in [0, 0.05) is 11.4 Å². The number of hydrogen-bond donors (Lipinski definition) is 1. The van der Waals surface area contributed by atoms with Crippen molar-refractivity contribution in [1.82, 2.24) is 10.2 Å². The molecule has 1 fully saturated rings. The third kappa shape index (κ3) is 4.05. The van der Waals surface area contributed by atoms with Crippen LogP contribution in [-0.2, 0) is 4.79 Å². The molecular weight excluding hydrogens is 256 g/mol. The minimum atomic E-state index is 0.114. The number of nitrogens with one attached hydrogen (secondary N) is 1. The van der Waals surface area contributed by atoms with Gasteiger partial charge in [0.1, 0.15) is 6.17 Å². The van der Waals surface area contributed by atoms with Crippen LogP contribution in [0.25, 0.3) is 0 Å². The van der Waals surface area contributed by atoms with E-state index in [2.05, 4.69) is 23.7 Å². The molecular formula is C15H24N2OS. The molecule has 1 atom stereocenters. The highest BCUT2D eigenvalue weighted by Gasteiger charge is 2.31. The van der Waals surface area contributed by atoms with Gasteiger partial charge >= 0.3 is 0 Å². The molecule has 19 heavy (non-hydrogen) atoms. The second kappa shape index (κ2) is 7.65. The van der Waals surface area contributed by atoms with Gasteiger partial charge in [-0.05, 0) is 17.9 Å². The summed E-state index contributed by atoms with van der Waals surface area (Å²) in [5.41, 5.74) is 0. The average molecular weight is 280 g/mol. The van der Waals surface area contributed by atoms with Crippen LogP contribution in [0.3, 0.4) is 0 Å². The molecule has 0 saturated carbocycles. The molecule has 0 bridgehead atoms. The van der Waals surface area contributed by atoms with Crippen LogP contribution >= 0.6 is 11.3 Å². The maximum Gasteiger partial charge on any atom is 0.238 e.